The van der Waals surface area contributed by atoms with Crippen LogP contribution in [-0.2, 0) is 27.2 Å². The number of fused-ring (bicyclic) bond motifs is 1. The molecule has 0 aromatic heterocycles. The fraction of sp³-hybridized carbons (Fsp3) is 0.697. The summed E-state index contributed by atoms with van der Waals surface area (Å²) in [5, 5.41) is 0. The van der Waals surface area contributed by atoms with E-state index in [9.17, 15) is 19.2 Å². The van der Waals surface area contributed by atoms with Crippen LogP contribution >= 0.6 is 0 Å². The van der Waals surface area contributed by atoms with Gasteiger partial charge in [0.25, 0.3) is 0 Å². The summed E-state index contributed by atoms with van der Waals surface area (Å²) in [5.41, 5.74) is 3.73. The average Bonchev–Trinajstić information content (AvgIpc) is 2.78. The Morgan fingerprint density at radius 1 is 1.03 bits per heavy atom. The van der Waals surface area contributed by atoms with E-state index in [2.05, 4.69) is 26.8 Å². The molecule has 0 saturated heterocycles. The van der Waals surface area contributed by atoms with Crippen molar-refractivity contribution in [1.82, 2.24) is 0 Å². The van der Waals surface area contributed by atoms with Crippen LogP contribution in [0.2, 0.25) is 0 Å². The standard InChI is InChI=1S/C30H44O4.C3H8/c1-8-10-23(24(9-2)26(32)15-20(4)31)16-21-17-25-22(13-14-28(34)30(5,6)7)12-11-19(3)29(25)27(33)18-21;1-3-2/h11-12,21,23-24H,8-10,13-18H2,1-7H3;3H2,1-2H3. The summed E-state index contributed by atoms with van der Waals surface area (Å²) in [5.74, 6) is 0.649. The minimum atomic E-state index is -0.363. The average molecular weight is 513 g/mol. The quantitative estimate of drug-likeness (QED) is 0.265. The Bertz CT molecular complexity index is 934. The molecule has 4 heteroatoms. The maximum atomic E-state index is 13.2. The third kappa shape index (κ3) is 9.94. The van der Waals surface area contributed by atoms with Gasteiger partial charge >= 0.3 is 0 Å². The number of benzene rings is 1. The summed E-state index contributed by atoms with van der Waals surface area (Å²) in [6.07, 6.45) is 7.19. The Labute approximate surface area is 226 Å². The molecule has 1 aromatic rings. The Hall–Kier alpha value is -2.10. The van der Waals surface area contributed by atoms with E-state index in [1.54, 1.807) is 0 Å². The van der Waals surface area contributed by atoms with Crippen molar-refractivity contribution in [2.45, 2.75) is 127 Å². The molecule has 0 bridgehead atoms. The van der Waals surface area contributed by atoms with E-state index in [-0.39, 0.29) is 52.7 Å². The van der Waals surface area contributed by atoms with Gasteiger partial charge in [-0.25, -0.2) is 0 Å². The molecule has 0 fully saturated rings. The molecule has 37 heavy (non-hydrogen) atoms. The van der Waals surface area contributed by atoms with Crippen LogP contribution in [0.1, 0.15) is 134 Å². The molecule has 0 heterocycles. The predicted octanol–water partition coefficient (Wildman–Crippen LogP) is 8.09. The summed E-state index contributed by atoms with van der Waals surface area (Å²) in [7, 11) is 0. The third-order valence-electron chi connectivity index (χ3n) is 7.46. The molecule has 1 aliphatic rings. The molecule has 4 nitrogen and oxygen atoms in total. The number of hydrogen-bond donors (Lipinski definition) is 0. The first-order valence-electron chi connectivity index (χ1n) is 14.5. The topological polar surface area (TPSA) is 68.3 Å². The lowest BCUT2D eigenvalue weighted by Gasteiger charge is -2.32. The molecular formula is C33H52O4. The Morgan fingerprint density at radius 3 is 2.16 bits per heavy atom. The maximum Gasteiger partial charge on any atom is 0.163 e. The number of ketones is 4. The molecule has 0 spiro atoms. The summed E-state index contributed by atoms with van der Waals surface area (Å²) < 4.78 is 0. The first kappa shape index (κ1) is 32.9. The van der Waals surface area contributed by atoms with Crippen molar-refractivity contribution in [3.8, 4) is 0 Å². The first-order chi connectivity index (χ1) is 17.3. The van der Waals surface area contributed by atoms with Crippen LogP contribution in [0.4, 0.5) is 0 Å². The molecule has 0 N–H and O–H groups in total. The Balaban J connectivity index is 0.00000217. The van der Waals surface area contributed by atoms with E-state index in [0.717, 1.165) is 54.4 Å². The zero-order valence-corrected chi connectivity index (χ0v) is 25.1. The minimum absolute atomic E-state index is 0.0102. The van der Waals surface area contributed by atoms with Crippen molar-refractivity contribution in [2.75, 3.05) is 0 Å². The van der Waals surface area contributed by atoms with E-state index in [1.165, 1.54) is 13.3 Å². The second-order valence-corrected chi connectivity index (χ2v) is 12.1. The van der Waals surface area contributed by atoms with Gasteiger partial charge in [0.2, 0.25) is 0 Å². The van der Waals surface area contributed by atoms with E-state index in [4.69, 9.17) is 0 Å². The molecule has 208 valence electrons. The zero-order chi connectivity index (χ0) is 28.3. The number of hydrogen-bond acceptors (Lipinski definition) is 4. The second-order valence-electron chi connectivity index (χ2n) is 12.1. The summed E-state index contributed by atoms with van der Waals surface area (Å²) in [6, 6.07) is 4.11. The second kappa shape index (κ2) is 15.3. The van der Waals surface area contributed by atoms with Gasteiger partial charge in [0.15, 0.2) is 5.78 Å². The minimum Gasteiger partial charge on any atom is -0.300 e. The lowest BCUT2D eigenvalue weighted by molar-refractivity contribution is -0.130. The predicted molar refractivity (Wildman–Crippen MR) is 153 cm³/mol. The van der Waals surface area contributed by atoms with E-state index >= 15 is 0 Å². The molecule has 1 aliphatic carbocycles. The molecule has 1 aromatic carbocycles. The highest BCUT2D eigenvalue weighted by atomic mass is 16.1. The molecular weight excluding hydrogens is 460 g/mol. The number of aryl methyl sites for hydroxylation is 2. The summed E-state index contributed by atoms with van der Waals surface area (Å²) in [6.45, 7) is 17.7. The highest BCUT2D eigenvalue weighted by Crippen LogP contribution is 2.38. The Kier molecular flexibility index (Phi) is 13.7. The molecule has 0 radical (unpaired) electrons. The van der Waals surface area contributed by atoms with Crippen LogP contribution in [0.3, 0.4) is 0 Å². The van der Waals surface area contributed by atoms with Crippen molar-refractivity contribution in [1.29, 1.82) is 0 Å². The third-order valence-corrected chi connectivity index (χ3v) is 7.46. The monoisotopic (exact) mass is 512 g/mol. The van der Waals surface area contributed by atoms with Gasteiger partial charge in [-0.05, 0) is 68.1 Å². The van der Waals surface area contributed by atoms with Crippen LogP contribution in [0.25, 0.3) is 0 Å². The van der Waals surface area contributed by atoms with E-state index < -0.39 is 0 Å². The zero-order valence-electron chi connectivity index (χ0n) is 25.1. The number of carbonyl (C=O) groups is 4. The van der Waals surface area contributed by atoms with E-state index in [1.807, 2.05) is 40.7 Å². The molecule has 0 saturated carbocycles. The molecule has 3 atom stereocenters. The van der Waals surface area contributed by atoms with Gasteiger partial charge in [0.1, 0.15) is 17.3 Å². The van der Waals surface area contributed by atoms with Crippen LogP contribution in [-0.4, -0.2) is 23.1 Å². The van der Waals surface area contributed by atoms with Crippen LogP contribution in [0.5, 0.6) is 0 Å². The smallest absolute Gasteiger partial charge is 0.163 e. The maximum absolute atomic E-state index is 13.2. The highest BCUT2D eigenvalue weighted by Gasteiger charge is 2.34. The summed E-state index contributed by atoms with van der Waals surface area (Å²) >= 11 is 0. The Morgan fingerprint density at radius 2 is 1.65 bits per heavy atom. The van der Waals surface area contributed by atoms with Crippen molar-refractivity contribution in [2.24, 2.45) is 23.2 Å². The molecule has 3 unspecified atom stereocenters. The van der Waals surface area contributed by atoms with Crippen LogP contribution < -0.4 is 0 Å². The van der Waals surface area contributed by atoms with Crippen molar-refractivity contribution >= 4 is 23.1 Å². The van der Waals surface area contributed by atoms with Gasteiger partial charge in [-0.2, -0.15) is 0 Å². The number of Topliss-reactive ketones (excluding diaryl/α,β-unsaturated/α-hetero) is 4. The van der Waals surface area contributed by atoms with Crippen LogP contribution in [0.15, 0.2) is 12.1 Å². The molecule has 0 amide bonds. The van der Waals surface area contributed by atoms with Crippen molar-refractivity contribution < 1.29 is 19.2 Å². The molecule has 2 rings (SSSR count). The largest absolute Gasteiger partial charge is 0.300 e. The summed E-state index contributed by atoms with van der Waals surface area (Å²) in [4.78, 5) is 50.2. The molecule has 0 aliphatic heterocycles. The number of rotatable bonds is 12. The van der Waals surface area contributed by atoms with Crippen molar-refractivity contribution in [3.05, 3.63) is 34.4 Å². The van der Waals surface area contributed by atoms with E-state index in [0.29, 0.717) is 19.3 Å². The lowest BCUT2D eigenvalue weighted by Crippen LogP contribution is -2.30. The van der Waals surface area contributed by atoms with Crippen LogP contribution in [0, 0.1) is 30.1 Å². The fourth-order valence-electron chi connectivity index (χ4n) is 5.66. The highest BCUT2D eigenvalue weighted by molar-refractivity contribution is 6.00. The number of carbonyl (C=O) groups excluding carboxylic acids is 4. The van der Waals surface area contributed by atoms with Gasteiger partial charge < -0.3 is 0 Å². The van der Waals surface area contributed by atoms with Gasteiger partial charge in [-0.3, -0.25) is 19.2 Å². The van der Waals surface area contributed by atoms with Gasteiger partial charge in [0.05, 0.1) is 6.42 Å². The first-order valence-corrected chi connectivity index (χ1v) is 14.5. The van der Waals surface area contributed by atoms with Crippen molar-refractivity contribution in [3.63, 3.8) is 0 Å². The normalized spacial score (nSPS) is 16.8. The van der Waals surface area contributed by atoms with Gasteiger partial charge in [-0.15, -0.1) is 0 Å². The van der Waals surface area contributed by atoms with Gasteiger partial charge in [-0.1, -0.05) is 79.9 Å². The fourth-order valence-corrected chi connectivity index (χ4v) is 5.66. The lowest BCUT2D eigenvalue weighted by atomic mass is 9.71. The van der Waals surface area contributed by atoms with Gasteiger partial charge in [0, 0.05) is 29.7 Å². The SMILES string of the molecule is CCC.CCCC(CC1CC(=O)c2c(C)ccc(CCC(=O)C(C)(C)C)c2C1)C(CC)C(=O)CC(C)=O.